The van der Waals surface area contributed by atoms with E-state index in [-0.39, 0.29) is 0 Å². The fourth-order valence-corrected chi connectivity index (χ4v) is 1.49. The molecule has 0 heterocycles. The smallest absolute Gasteiger partial charge is 0.300 e. The largest absolute Gasteiger partial charge is 0.481 e. The Morgan fingerprint density at radius 1 is 1.43 bits per heavy atom. The van der Waals surface area contributed by atoms with Crippen LogP contribution in [0.4, 0.5) is 0 Å². The van der Waals surface area contributed by atoms with E-state index in [0.29, 0.717) is 0 Å². The lowest BCUT2D eigenvalue weighted by Crippen LogP contribution is -1.78. The average molecular weight is 233 g/mol. The van der Waals surface area contributed by atoms with Gasteiger partial charge >= 0.3 is 0 Å². The summed E-state index contributed by atoms with van der Waals surface area (Å²) >= 11 is 7.53. The highest BCUT2D eigenvalue weighted by Crippen LogP contribution is 2.19. The Morgan fingerprint density at radius 3 is 2.21 bits per heavy atom. The number of carbonyl (C=O) groups is 1. The van der Waals surface area contributed by atoms with Gasteiger partial charge in [-0.05, 0) is 30.0 Å². The Kier molecular flexibility index (Phi) is 7.34. The lowest BCUT2D eigenvalue weighted by molar-refractivity contribution is -0.134. The highest BCUT2D eigenvalue weighted by Gasteiger charge is 1.89. The Morgan fingerprint density at radius 2 is 1.86 bits per heavy atom. The standard InChI is InChI=1S/C8H9ClS.C2H4O2/c1-2-10-8-5-3-7(9)4-6-8;1-2(3)4/h3-6H,2H2,1H3;1H3,(H,3,4). The van der Waals surface area contributed by atoms with Crippen LogP contribution >= 0.6 is 23.4 Å². The summed E-state index contributed by atoms with van der Waals surface area (Å²) in [5.74, 6) is 0.279. The lowest BCUT2D eigenvalue weighted by atomic mass is 10.4. The first kappa shape index (κ1) is 13.3. The molecule has 0 saturated heterocycles. The minimum Gasteiger partial charge on any atom is -0.481 e. The molecule has 0 bridgehead atoms. The quantitative estimate of drug-likeness (QED) is 0.793. The maximum absolute atomic E-state index is 9.00. The van der Waals surface area contributed by atoms with Gasteiger partial charge in [-0.3, -0.25) is 4.79 Å². The minimum absolute atomic E-state index is 0.806. The summed E-state index contributed by atoms with van der Waals surface area (Å²) in [4.78, 5) is 10.3. The number of hydrogen-bond donors (Lipinski definition) is 1. The fourth-order valence-electron chi connectivity index (χ4n) is 0.697. The van der Waals surface area contributed by atoms with Crippen molar-refractivity contribution < 1.29 is 9.90 Å². The molecule has 0 saturated carbocycles. The zero-order valence-corrected chi connectivity index (χ0v) is 9.73. The molecule has 4 heteroatoms. The van der Waals surface area contributed by atoms with Crippen LogP contribution in [0.1, 0.15) is 13.8 Å². The summed E-state index contributed by atoms with van der Waals surface area (Å²) in [5, 5.41) is 8.22. The zero-order valence-electron chi connectivity index (χ0n) is 8.16. The van der Waals surface area contributed by atoms with Gasteiger partial charge in [-0.15, -0.1) is 11.8 Å². The summed E-state index contributed by atoms with van der Waals surface area (Å²) in [6.07, 6.45) is 0. The molecule has 0 spiro atoms. The number of hydrogen-bond acceptors (Lipinski definition) is 2. The number of rotatable bonds is 2. The van der Waals surface area contributed by atoms with Crippen LogP contribution in [0.15, 0.2) is 29.2 Å². The molecule has 0 fully saturated rings. The van der Waals surface area contributed by atoms with Crippen LogP contribution in [-0.4, -0.2) is 16.8 Å². The van der Waals surface area contributed by atoms with E-state index >= 15 is 0 Å². The first-order valence-corrected chi connectivity index (χ1v) is 5.50. The molecular weight excluding hydrogens is 220 g/mol. The highest BCUT2D eigenvalue weighted by atomic mass is 35.5. The van der Waals surface area contributed by atoms with Crippen molar-refractivity contribution in [2.75, 3.05) is 5.75 Å². The number of thioether (sulfide) groups is 1. The van der Waals surface area contributed by atoms with Crippen molar-refractivity contribution in [2.24, 2.45) is 0 Å². The van der Waals surface area contributed by atoms with Crippen LogP contribution in [0.3, 0.4) is 0 Å². The molecule has 1 rings (SSSR count). The molecule has 1 aromatic rings. The highest BCUT2D eigenvalue weighted by molar-refractivity contribution is 7.99. The van der Waals surface area contributed by atoms with E-state index in [1.165, 1.54) is 4.90 Å². The van der Waals surface area contributed by atoms with E-state index in [4.69, 9.17) is 21.5 Å². The Labute approximate surface area is 93.3 Å². The zero-order chi connectivity index (χ0) is 11.0. The molecule has 0 atom stereocenters. The Bertz CT molecular complexity index is 268. The van der Waals surface area contributed by atoms with Crippen molar-refractivity contribution in [2.45, 2.75) is 18.7 Å². The van der Waals surface area contributed by atoms with Gasteiger partial charge in [0.05, 0.1) is 0 Å². The van der Waals surface area contributed by atoms with Crippen molar-refractivity contribution >= 4 is 29.3 Å². The van der Waals surface area contributed by atoms with Gasteiger partial charge in [0.25, 0.3) is 5.97 Å². The lowest BCUT2D eigenvalue weighted by Gasteiger charge is -1.95. The van der Waals surface area contributed by atoms with Gasteiger partial charge in [-0.2, -0.15) is 0 Å². The molecule has 0 aromatic heterocycles. The molecule has 0 aliphatic heterocycles. The third-order valence-corrected chi connectivity index (χ3v) is 2.27. The molecule has 0 radical (unpaired) electrons. The molecule has 78 valence electrons. The Balaban J connectivity index is 0.000000364. The molecule has 0 amide bonds. The van der Waals surface area contributed by atoms with Crippen LogP contribution in [-0.2, 0) is 4.79 Å². The SMILES string of the molecule is CC(=O)O.CCSc1ccc(Cl)cc1. The second kappa shape index (κ2) is 7.71. The van der Waals surface area contributed by atoms with Crippen molar-refractivity contribution in [3.8, 4) is 0 Å². The van der Waals surface area contributed by atoms with Gasteiger partial charge in [-0.25, -0.2) is 0 Å². The van der Waals surface area contributed by atoms with E-state index in [1.807, 2.05) is 36.0 Å². The molecule has 1 N–H and O–H groups in total. The van der Waals surface area contributed by atoms with E-state index in [0.717, 1.165) is 17.7 Å². The number of carboxylic acid groups (broad SMARTS) is 1. The van der Waals surface area contributed by atoms with Crippen LogP contribution in [0.2, 0.25) is 5.02 Å². The summed E-state index contributed by atoms with van der Waals surface area (Å²) in [6, 6.07) is 7.91. The third-order valence-electron chi connectivity index (χ3n) is 1.12. The fraction of sp³-hybridized carbons (Fsp3) is 0.300. The predicted molar refractivity (Wildman–Crippen MR) is 61.2 cm³/mol. The normalized spacial score (nSPS) is 8.79. The summed E-state index contributed by atoms with van der Waals surface area (Å²) in [7, 11) is 0. The molecule has 0 aliphatic rings. The Hall–Kier alpha value is -0.670. The monoisotopic (exact) mass is 232 g/mol. The number of halogens is 1. The van der Waals surface area contributed by atoms with Crippen LogP contribution in [0.5, 0.6) is 0 Å². The van der Waals surface area contributed by atoms with Crippen molar-refractivity contribution in [3.63, 3.8) is 0 Å². The van der Waals surface area contributed by atoms with Gasteiger partial charge < -0.3 is 5.11 Å². The second-order valence-corrected chi connectivity index (χ2v) is 4.18. The summed E-state index contributed by atoms with van der Waals surface area (Å²) in [6.45, 7) is 3.22. The maximum Gasteiger partial charge on any atom is 0.300 e. The van der Waals surface area contributed by atoms with Gasteiger partial charge in [0.15, 0.2) is 0 Å². The topological polar surface area (TPSA) is 37.3 Å². The maximum atomic E-state index is 9.00. The van der Waals surface area contributed by atoms with Crippen LogP contribution in [0, 0.1) is 0 Å². The van der Waals surface area contributed by atoms with E-state index < -0.39 is 5.97 Å². The van der Waals surface area contributed by atoms with Crippen molar-refractivity contribution in [1.82, 2.24) is 0 Å². The van der Waals surface area contributed by atoms with E-state index in [2.05, 4.69) is 6.92 Å². The van der Waals surface area contributed by atoms with Gasteiger partial charge in [0.2, 0.25) is 0 Å². The first-order chi connectivity index (χ1) is 6.56. The molecule has 0 unspecified atom stereocenters. The average Bonchev–Trinajstić information content (AvgIpc) is 2.08. The van der Waals surface area contributed by atoms with Crippen molar-refractivity contribution in [3.05, 3.63) is 29.3 Å². The van der Waals surface area contributed by atoms with E-state index in [9.17, 15) is 0 Å². The van der Waals surface area contributed by atoms with E-state index in [1.54, 1.807) is 0 Å². The number of carboxylic acids is 1. The third kappa shape index (κ3) is 7.95. The van der Waals surface area contributed by atoms with Gasteiger partial charge in [0.1, 0.15) is 0 Å². The first-order valence-electron chi connectivity index (χ1n) is 4.14. The molecule has 0 aliphatic carbocycles. The van der Waals surface area contributed by atoms with Crippen molar-refractivity contribution in [1.29, 1.82) is 0 Å². The summed E-state index contributed by atoms with van der Waals surface area (Å²) < 4.78 is 0. The van der Waals surface area contributed by atoms with Gasteiger partial charge in [0, 0.05) is 16.8 Å². The minimum atomic E-state index is -0.833. The second-order valence-electron chi connectivity index (χ2n) is 2.41. The predicted octanol–water partition coefficient (Wildman–Crippen LogP) is 3.54. The van der Waals surface area contributed by atoms with Crippen LogP contribution in [0.25, 0.3) is 0 Å². The molecule has 1 aromatic carbocycles. The number of aliphatic carboxylic acids is 1. The molecular formula is C10H13ClO2S. The number of benzene rings is 1. The summed E-state index contributed by atoms with van der Waals surface area (Å²) in [5.41, 5.74) is 0. The molecule has 2 nitrogen and oxygen atoms in total. The van der Waals surface area contributed by atoms with Crippen LogP contribution < -0.4 is 0 Å². The van der Waals surface area contributed by atoms with Gasteiger partial charge in [-0.1, -0.05) is 18.5 Å². The molecule has 14 heavy (non-hydrogen) atoms.